The lowest BCUT2D eigenvalue weighted by molar-refractivity contribution is -0.167. The van der Waals surface area contributed by atoms with Crippen LogP contribution < -0.4 is 0 Å². The zero-order valence-corrected chi connectivity index (χ0v) is 52.1. The van der Waals surface area contributed by atoms with Crippen molar-refractivity contribution in [2.24, 2.45) is 0 Å². The van der Waals surface area contributed by atoms with Gasteiger partial charge in [0.25, 0.3) is 0 Å². The summed E-state index contributed by atoms with van der Waals surface area (Å²) in [5, 5.41) is 0. The smallest absolute Gasteiger partial charge is 0.306 e. The molecule has 0 bridgehead atoms. The summed E-state index contributed by atoms with van der Waals surface area (Å²) < 4.78 is 16.9. The van der Waals surface area contributed by atoms with Crippen LogP contribution in [0.5, 0.6) is 0 Å². The van der Waals surface area contributed by atoms with Crippen molar-refractivity contribution in [2.75, 3.05) is 13.2 Å². The van der Waals surface area contributed by atoms with Crippen LogP contribution in [0.2, 0.25) is 0 Å². The Morgan fingerprint density at radius 3 is 0.823 bits per heavy atom. The van der Waals surface area contributed by atoms with Crippen LogP contribution in [0.25, 0.3) is 0 Å². The minimum absolute atomic E-state index is 0.0955. The van der Waals surface area contributed by atoms with Crippen LogP contribution in [0.4, 0.5) is 0 Å². The molecule has 0 saturated heterocycles. The second-order valence-corrected chi connectivity index (χ2v) is 22.4. The lowest BCUT2D eigenvalue weighted by atomic mass is 10.0. The van der Waals surface area contributed by atoms with Crippen LogP contribution in [0.1, 0.15) is 329 Å². The average Bonchev–Trinajstić information content (AvgIpc) is 3.45. The summed E-state index contributed by atoms with van der Waals surface area (Å²) in [5.41, 5.74) is 0. The highest BCUT2D eigenvalue weighted by Gasteiger charge is 2.19. The second kappa shape index (κ2) is 66.8. The molecule has 79 heavy (non-hydrogen) atoms. The van der Waals surface area contributed by atoms with Crippen molar-refractivity contribution in [1.82, 2.24) is 0 Å². The van der Waals surface area contributed by atoms with Gasteiger partial charge in [0, 0.05) is 19.3 Å². The summed E-state index contributed by atoms with van der Waals surface area (Å²) in [6.07, 6.45) is 89.9. The fraction of sp³-hybridized carbons (Fsp3) is 0.740. The van der Waals surface area contributed by atoms with Gasteiger partial charge >= 0.3 is 17.9 Å². The standard InChI is InChI=1S/C73H126O6/c1-4-7-10-13-16-19-22-25-28-31-33-35-36-38-39-42-45-48-51-54-57-60-63-66-72(75)78-69-70(68-77-71(74)65-62-59-56-53-50-47-44-41-30-27-24-21-18-15-12-9-6-3)79-73(76)67-64-61-58-55-52-49-46-43-40-37-34-32-29-26-23-20-17-14-11-8-5-2/h8,11,17-18,20-21,26-27,29-30,34,37,43,46,52,55,70H,4-7,9-10,12-16,19,22-25,28,31-33,35-36,38-42,44-45,47-51,53-54,56-69H2,1-3H3/b11-8-,20-17-,21-18-,29-26-,30-27-,37-34-,46-43-,55-52-. The number of esters is 3. The molecule has 0 N–H and O–H groups in total. The number of hydrogen-bond acceptors (Lipinski definition) is 6. The highest BCUT2D eigenvalue weighted by molar-refractivity contribution is 5.71. The Morgan fingerprint density at radius 2 is 0.494 bits per heavy atom. The van der Waals surface area contributed by atoms with E-state index in [0.717, 1.165) is 103 Å². The van der Waals surface area contributed by atoms with E-state index in [0.29, 0.717) is 19.3 Å². The third kappa shape index (κ3) is 65.0. The number of unbranched alkanes of at least 4 members (excludes halogenated alkanes) is 34. The molecule has 6 nitrogen and oxygen atoms in total. The molecule has 0 amide bonds. The number of allylic oxidation sites excluding steroid dienone is 16. The molecule has 1 unspecified atom stereocenters. The summed E-state index contributed by atoms with van der Waals surface area (Å²) in [4.78, 5) is 38.4. The highest BCUT2D eigenvalue weighted by atomic mass is 16.6. The molecule has 1 atom stereocenters. The third-order valence-electron chi connectivity index (χ3n) is 14.6. The van der Waals surface area contributed by atoms with Gasteiger partial charge in [-0.25, -0.2) is 0 Å². The lowest BCUT2D eigenvalue weighted by Crippen LogP contribution is -2.30. The van der Waals surface area contributed by atoms with Crippen molar-refractivity contribution in [1.29, 1.82) is 0 Å². The van der Waals surface area contributed by atoms with Gasteiger partial charge in [0.05, 0.1) is 0 Å². The Hall–Kier alpha value is -3.67. The van der Waals surface area contributed by atoms with E-state index in [4.69, 9.17) is 14.2 Å². The average molecular weight is 1100 g/mol. The summed E-state index contributed by atoms with van der Waals surface area (Å²) in [6.45, 7) is 6.50. The molecule has 0 radical (unpaired) electrons. The summed E-state index contributed by atoms with van der Waals surface area (Å²) >= 11 is 0. The topological polar surface area (TPSA) is 78.9 Å². The SMILES string of the molecule is CC/C=C\C/C=C\C/C=C\C/C=C\C/C=C\C/C=C\CCCCC(=O)OC(COC(=O)CCCCCCCCC/C=C\C/C=C\CCCCC)COC(=O)CCCCCCCCCCCCCCCCCCCCCCCCC. The monoisotopic (exact) mass is 1100 g/mol. The van der Waals surface area contributed by atoms with Crippen LogP contribution in [0.15, 0.2) is 97.2 Å². The first kappa shape index (κ1) is 75.3. The minimum Gasteiger partial charge on any atom is -0.462 e. The Morgan fingerprint density at radius 1 is 0.266 bits per heavy atom. The molecule has 6 heteroatoms. The minimum atomic E-state index is -0.806. The van der Waals surface area contributed by atoms with E-state index in [1.807, 2.05) is 0 Å². The van der Waals surface area contributed by atoms with Crippen molar-refractivity contribution in [3.8, 4) is 0 Å². The molecular formula is C73H126O6. The largest absolute Gasteiger partial charge is 0.462 e. The predicted octanol–water partition coefficient (Wildman–Crippen LogP) is 23.2. The lowest BCUT2D eigenvalue weighted by Gasteiger charge is -2.18. The molecule has 0 aromatic heterocycles. The van der Waals surface area contributed by atoms with Gasteiger partial charge < -0.3 is 14.2 Å². The quantitative estimate of drug-likeness (QED) is 0.0261. The predicted molar refractivity (Wildman–Crippen MR) is 344 cm³/mol. The Bertz CT molecular complexity index is 1540. The molecule has 0 aliphatic carbocycles. The Balaban J connectivity index is 4.42. The zero-order valence-electron chi connectivity index (χ0n) is 52.1. The molecule has 0 fully saturated rings. The van der Waals surface area contributed by atoms with E-state index in [9.17, 15) is 14.4 Å². The highest BCUT2D eigenvalue weighted by Crippen LogP contribution is 2.17. The van der Waals surface area contributed by atoms with E-state index in [1.54, 1.807) is 0 Å². The maximum absolute atomic E-state index is 12.9. The number of rotatable bonds is 61. The number of carbonyl (C=O) groups is 3. The van der Waals surface area contributed by atoms with E-state index in [-0.39, 0.29) is 37.5 Å². The van der Waals surface area contributed by atoms with E-state index < -0.39 is 6.10 Å². The third-order valence-corrected chi connectivity index (χ3v) is 14.6. The van der Waals surface area contributed by atoms with Crippen molar-refractivity contribution >= 4 is 17.9 Å². The van der Waals surface area contributed by atoms with Gasteiger partial charge in [0.15, 0.2) is 6.10 Å². The normalized spacial score (nSPS) is 12.7. The maximum atomic E-state index is 12.9. The molecule has 0 spiro atoms. The fourth-order valence-electron chi connectivity index (χ4n) is 9.54. The van der Waals surface area contributed by atoms with E-state index in [1.165, 1.54) is 180 Å². The summed E-state index contributed by atoms with van der Waals surface area (Å²) in [6, 6.07) is 0. The first-order valence-corrected chi connectivity index (χ1v) is 33.7. The number of ether oxygens (including phenoxy) is 3. The molecular weight excluding hydrogens is 973 g/mol. The zero-order chi connectivity index (χ0) is 57.1. The van der Waals surface area contributed by atoms with Crippen LogP contribution in [0.3, 0.4) is 0 Å². The maximum Gasteiger partial charge on any atom is 0.306 e. The van der Waals surface area contributed by atoms with Gasteiger partial charge in [0.1, 0.15) is 13.2 Å². The van der Waals surface area contributed by atoms with Crippen molar-refractivity contribution in [2.45, 2.75) is 335 Å². The molecule has 0 rings (SSSR count). The van der Waals surface area contributed by atoms with Crippen molar-refractivity contribution in [3.63, 3.8) is 0 Å². The van der Waals surface area contributed by atoms with Crippen molar-refractivity contribution < 1.29 is 28.6 Å². The molecule has 0 aliphatic heterocycles. The first-order valence-electron chi connectivity index (χ1n) is 33.7. The molecule has 0 heterocycles. The van der Waals surface area contributed by atoms with Gasteiger partial charge in [-0.15, -0.1) is 0 Å². The van der Waals surface area contributed by atoms with Gasteiger partial charge in [-0.1, -0.05) is 304 Å². The Labute approximate surface area is 489 Å². The second-order valence-electron chi connectivity index (χ2n) is 22.4. The van der Waals surface area contributed by atoms with Crippen LogP contribution >= 0.6 is 0 Å². The van der Waals surface area contributed by atoms with E-state index in [2.05, 4.69) is 118 Å². The summed E-state index contributed by atoms with van der Waals surface area (Å²) in [5.74, 6) is -0.933. The van der Waals surface area contributed by atoms with Crippen LogP contribution in [-0.2, 0) is 28.6 Å². The van der Waals surface area contributed by atoms with Crippen LogP contribution in [0, 0.1) is 0 Å². The summed E-state index contributed by atoms with van der Waals surface area (Å²) in [7, 11) is 0. The molecule has 0 saturated carbocycles. The van der Waals surface area contributed by atoms with Gasteiger partial charge in [-0.2, -0.15) is 0 Å². The molecule has 0 aromatic rings. The van der Waals surface area contributed by atoms with Gasteiger partial charge in [0.2, 0.25) is 0 Å². The molecule has 0 aliphatic rings. The number of hydrogen-bond donors (Lipinski definition) is 0. The van der Waals surface area contributed by atoms with Crippen molar-refractivity contribution in [3.05, 3.63) is 97.2 Å². The van der Waals surface area contributed by atoms with E-state index >= 15 is 0 Å². The first-order chi connectivity index (χ1) is 39.0. The molecule has 454 valence electrons. The van der Waals surface area contributed by atoms with Gasteiger partial charge in [-0.05, 0) is 103 Å². The van der Waals surface area contributed by atoms with Crippen LogP contribution in [-0.4, -0.2) is 37.2 Å². The Kier molecular flexibility index (Phi) is 63.7. The number of carbonyl (C=O) groups excluding carboxylic acids is 3. The fourth-order valence-corrected chi connectivity index (χ4v) is 9.54. The van der Waals surface area contributed by atoms with Gasteiger partial charge in [-0.3, -0.25) is 14.4 Å². The molecule has 0 aromatic carbocycles.